The van der Waals surface area contributed by atoms with Crippen LogP contribution >= 0.6 is 11.3 Å². The fourth-order valence-corrected chi connectivity index (χ4v) is 2.85. The number of amides is 2. The summed E-state index contributed by atoms with van der Waals surface area (Å²) in [6.45, 7) is 2.47. The van der Waals surface area contributed by atoms with Crippen LogP contribution in [0.3, 0.4) is 0 Å². The molecule has 0 unspecified atom stereocenters. The molecule has 0 saturated carbocycles. The van der Waals surface area contributed by atoms with E-state index >= 15 is 0 Å². The first-order valence-electron chi connectivity index (χ1n) is 7.15. The summed E-state index contributed by atoms with van der Waals surface area (Å²) < 4.78 is 1.83. The van der Waals surface area contributed by atoms with Gasteiger partial charge in [-0.15, -0.1) is 11.3 Å². The maximum Gasteiger partial charge on any atom is 0.321 e. The third-order valence-corrected chi connectivity index (χ3v) is 4.14. The predicted octanol–water partition coefficient (Wildman–Crippen LogP) is 3.30. The van der Waals surface area contributed by atoms with Crippen molar-refractivity contribution in [1.82, 2.24) is 19.7 Å². The van der Waals surface area contributed by atoms with Crippen molar-refractivity contribution in [3.63, 3.8) is 0 Å². The van der Waals surface area contributed by atoms with Gasteiger partial charge in [-0.25, -0.2) is 14.5 Å². The highest BCUT2D eigenvalue weighted by atomic mass is 32.1. The molecule has 2 amide bonds. The smallest absolute Gasteiger partial charge is 0.321 e. The van der Waals surface area contributed by atoms with E-state index in [1.54, 1.807) is 24.3 Å². The molecule has 3 aromatic rings. The van der Waals surface area contributed by atoms with Crippen molar-refractivity contribution in [2.24, 2.45) is 0 Å². The van der Waals surface area contributed by atoms with E-state index < -0.39 is 0 Å². The Hall–Kier alpha value is -2.67. The third kappa shape index (κ3) is 3.57. The second-order valence-electron chi connectivity index (χ2n) is 5.15. The summed E-state index contributed by atoms with van der Waals surface area (Å²) in [6, 6.07) is 9.37. The zero-order chi connectivity index (χ0) is 16.2. The molecular weight excluding hydrogens is 310 g/mol. The summed E-state index contributed by atoms with van der Waals surface area (Å²) in [6.07, 6.45) is 3.49. The fraction of sp³-hybridized carbons (Fsp3) is 0.188. The monoisotopic (exact) mass is 327 g/mol. The fourth-order valence-electron chi connectivity index (χ4n) is 2.18. The minimum absolute atomic E-state index is 0.172. The molecule has 0 radical (unpaired) electrons. The van der Waals surface area contributed by atoms with E-state index in [4.69, 9.17) is 0 Å². The van der Waals surface area contributed by atoms with Gasteiger partial charge in [0.1, 0.15) is 5.01 Å². The van der Waals surface area contributed by atoms with Crippen LogP contribution in [0.5, 0.6) is 0 Å². The van der Waals surface area contributed by atoms with Gasteiger partial charge in [0.2, 0.25) is 0 Å². The molecule has 0 aliphatic heterocycles. The number of thiazole rings is 1. The summed E-state index contributed by atoms with van der Waals surface area (Å²) in [5, 5.41) is 9.98. The van der Waals surface area contributed by atoms with Gasteiger partial charge in [-0.05, 0) is 31.2 Å². The summed E-state index contributed by atoms with van der Waals surface area (Å²) in [7, 11) is 1.75. The maximum absolute atomic E-state index is 12.3. The number of rotatable bonds is 4. The Bertz CT molecular complexity index is 796. The zero-order valence-electron chi connectivity index (χ0n) is 12.9. The number of nitrogens with zero attached hydrogens (tertiary/aromatic N) is 4. The highest BCUT2D eigenvalue weighted by Gasteiger charge is 2.11. The molecule has 1 N–H and O–H groups in total. The Morgan fingerprint density at radius 2 is 2.22 bits per heavy atom. The van der Waals surface area contributed by atoms with E-state index in [1.165, 1.54) is 11.3 Å². The van der Waals surface area contributed by atoms with Crippen molar-refractivity contribution >= 4 is 23.1 Å². The first kappa shape index (κ1) is 15.2. The van der Waals surface area contributed by atoms with Crippen LogP contribution < -0.4 is 5.32 Å². The Morgan fingerprint density at radius 3 is 2.91 bits per heavy atom. The van der Waals surface area contributed by atoms with Gasteiger partial charge >= 0.3 is 6.03 Å². The van der Waals surface area contributed by atoms with Crippen LogP contribution in [0.15, 0.2) is 48.1 Å². The predicted molar refractivity (Wildman–Crippen MR) is 90.9 cm³/mol. The van der Waals surface area contributed by atoms with Gasteiger partial charge in [0.05, 0.1) is 12.2 Å². The molecule has 2 aromatic heterocycles. The zero-order valence-corrected chi connectivity index (χ0v) is 13.7. The number of carbonyl (C=O) groups excluding carboxylic acids is 1. The van der Waals surface area contributed by atoms with Crippen LogP contribution in [0.2, 0.25) is 0 Å². The lowest BCUT2D eigenvalue weighted by atomic mass is 10.2. The minimum atomic E-state index is -0.172. The van der Waals surface area contributed by atoms with E-state index in [2.05, 4.69) is 15.4 Å². The molecule has 1 aromatic carbocycles. The van der Waals surface area contributed by atoms with Crippen LogP contribution in [-0.4, -0.2) is 32.7 Å². The molecule has 0 spiro atoms. The second-order valence-corrected chi connectivity index (χ2v) is 6.13. The van der Waals surface area contributed by atoms with Crippen LogP contribution in [0, 0.1) is 6.92 Å². The van der Waals surface area contributed by atoms with Gasteiger partial charge in [0.15, 0.2) is 0 Å². The highest BCUT2D eigenvalue weighted by molar-refractivity contribution is 7.09. The average molecular weight is 327 g/mol. The van der Waals surface area contributed by atoms with Crippen molar-refractivity contribution < 1.29 is 4.79 Å². The number of aromatic nitrogens is 3. The van der Waals surface area contributed by atoms with Crippen molar-refractivity contribution in [2.75, 3.05) is 12.4 Å². The van der Waals surface area contributed by atoms with E-state index in [-0.39, 0.29) is 6.03 Å². The van der Waals surface area contributed by atoms with E-state index in [1.807, 2.05) is 47.3 Å². The number of carbonyl (C=O) groups is 1. The lowest BCUT2D eigenvalue weighted by molar-refractivity contribution is 0.220. The summed E-state index contributed by atoms with van der Waals surface area (Å²) >= 11 is 1.53. The molecule has 6 nitrogen and oxygen atoms in total. The summed E-state index contributed by atoms with van der Waals surface area (Å²) in [4.78, 5) is 18.1. The lowest BCUT2D eigenvalue weighted by Gasteiger charge is -2.17. The van der Waals surface area contributed by atoms with Gasteiger partial charge in [-0.2, -0.15) is 5.10 Å². The van der Waals surface area contributed by atoms with Crippen molar-refractivity contribution in [2.45, 2.75) is 13.5 Å². The SMILES string of the molecule is Cc1ccnn1-c1cccc(NC(=O)N(C)Cc2nccs2)c1. The topological polar surface area (TPSA) is 63.1 Å². The first-order chi connectivity index (χ1) is 11.1. The molecule has 3 rings (SSSR count). The molecule has 2 heterocycles. The lowest BCUT2D eigenvalue weighted by Crippen LogP contribution is -2.30. The van der Waals surface area contributed by atoms with Crippen LogP contribution in [-0.2, 0) is 6.54 Å². The molecule has 0 aliphatic carbocycles. The number of nitrogens with one attached hydrogen (secondary N) is 1. The van der Waals surface area contributed by atoms with Gasteiger partial charge < -0.3 is 10.2 Å². The molecule has 23 heavy (non-hydrogen) atoms. The molecule has 0 atom stereocenters. The molecule has 118 valence electrons. The first-order valence-corrected chi connectivity index (χ1v) is 8.03. The Morgan fingerprint density at radius 1 is 1.35 bits per heavy atom. The number of hydrogen-bond donors (Lipinski definition) is 1. The van der Waals surface area contributed by atoms with E-state index in [0.717, 1.165) is 22.1 Å². The normalized spacial score (nSPS) is 10.5. The van der Waals surface area contributed by atoms with Gasteiger partial charge in [0, 0.05) is 36.2 Å². The Labute approximate surface area is 138 Å². The molecule has 0 bridgehead atoms. The average Bonchev–Trinajstić information content (AvgIpc) is 3.19. The van der Waals surface area contributed by atoms with Crippen molar-refractivity contribution in [3.8, 4) is 5.69 Å². The largest absolute Gasteiger partial charge is 0.321 e. The molecule has 0 fully saturated rings. The van der Waals surface area contributed by atoms with Crippen LogP contribution in [0.25, 0.3) is 5.69 Å². The molecule has 0 aliphatic rings. The standard InChI is InChI=1S/C16H17N5OS/c1-12-6-7-18-21(12)14-5-3-4-13(10-14)19-16(22)20(2)11-15-17-8-9-23-15/h3-10H,11H2,1-2H3,(H,19,22). The van der Waals surface area contributed by atoms with Gasteiger partial charge in [-0.1, -0.05) is 6.07 Å². The van der Waals surface area contributed by atoms with Crippen molar-refractivity contribution in [3.05, 3.63) is 58.8 Å². The number of urea groups is 1. The Kier molecular flexibility index (Phi) is 4.38. The summed E-state index contributed by atoms with van der Waals surface area (Å²) in [5.74, 6) is 0. The van der Waals surface area contributed by atoms with Gasteiger partial charge in [-0.3, -0.25) is 0 Å². The van der Waals surface area contributed by atoms with E-state index in [9.17, 15) is 4.79 Å². The van der Waals surface area contributed by atoms with Gasteiger partial charge in [0.25, 0.3) is 0 Å². The molecule has 0 saturated heterocycles. The number of aryl methyl sites for hydroxylation is 1. The van der Waals surface area contributed by atoms with E-state index in [0.29, 0.717) is 6.54 Å². The van der Waals surface area contributed by atoms with Crippen molar-refractivity contribution in [1.29, 1.82) is 0 Å². The molecule has 7 heteroatoms. The number of anilines is 1. The molecular formula is C16H17N5OS. The minimum Gasteiger partial charge on any atom is -0.321 e. The van der Waals surface area contributed by atoms with Crippen LogP contribution in [0.1, 0.15) is 10.7 Å². The summed E-state index contributed by atoms with van der Waals surface area (Å²) in [5.41, 5.74) is 2.68. The van der Waals surface area contributed by atoms with Crippen LogP contribution in [0.4, 0.5) is 10.5 Å². The number of benzene rings is 1. The quantitative estimate of drug-likeness (QED) is 0.799. The third-order valence-electron chi connectivity index (χ3n) is 3.38. The number of hydrogen-bond acceptors (Lipinski definition) is 4. The second kappa shape index (κ2) is 6.62. The Balaban J connectivity index is 1.70. The highest BCUT2D eigenvalue weighted by Crippen LogP contribution is 2.16. The maximum atomic E-state index is 12.3.